The number of hydrogen-bond acceptors (Lipinski definition) is 10. The molecule has 12 rings (SSSR count). The zero-order valence-corrected chi connectivity index (χ0v) is 64.6. The number of thioether (sulfide) groups is 1. The zero-order valence-electron chi connectivity index (χ0n) is 63.8. The first-order valence-electron chi connectivity index (χ1n) is 36.9. The Balaban J connectivity index is 0.000000169. The summed E-state index contributed by atoms with van der Waals surface area (Å²) < 4.78 is 11.3. The molecule has 12 aromatic carbocycles. The van der Waals surface area contributed by atoms with Crippen molar-refractivity contribution in [2.24, 2.45) is 0 Å². The summed E-state index contributed by atoms with van der Waals surface area (Å²) in [5.74, 6) is 0.950. The van der Waals surface area contributed by atoms with Gasteiger partial charge in [0.1, 0.15) is 11.5 Å². The van der Waals surface area contributed by atoms with Gasteiger partial charge in [0, 0.05) is 52.1 Å². The fourth-order valence-corrected chi connectivity index (χ4v) is 13.1. The Labute approximate surface area is 651 Å². The SMILES string of the molecule is CCOc1ccccc1C(=O)Nc1ccccc1C(=O)Cc1cccc(C)c1.CCSc1ccccc1C(=O)Nc1ccccc1C(=O)Cc1cccc(C)c1.Cc1cccc(CC(=O)c2ccccc2NC(=O)c2ccccc2OC(C)C)c1.Cc1cccc(CCc2ccccc2NC(=O)c2ccccc2C)c1. The van der Waals surface area contributed by atoms with Crippen LogP contribution in [0, 0.1) is 34.6 Å². The van der Waals surface area contributed by atoms with Crippen LogP contribution in [0.15, 0.2) is 296 Å². The highest BCUT2D eigenvalue weighted by Crippen LogP contribution is 2.29. The third-order valence-electron chi connectivity index (χ3n) is 17.5. The highest BCUT2D eigenvalue weighted by molar-refractivity contribution is 7.99. The summed E-state index contributed by atoms with van der Waals surface area (Å²) in [5.41, 5.74) is 17.1. The van der Waals surface area contributed by atoms with E-state index >= 15 is 0 Å². The van der Waals surface area contributed by atoms with Gasteiger partial charge >= 0.3 is 0 Å². The van der Waals surface area contributed by atoms with Gasteiger partial charge in [0.15, 0.2) is 17.3 Å². The van der Waals surface area contributed by atoms with Crippen molar-refractivity contribution in [1.82, 2.24) is 0 Å². The fourth-order valence-electron chi connectivity index (χ4n) is 12.3. The van der Waals surface area contributed by atoms with Crippen LogP contribution in [0.1, 0.15) is 156 Å². The van der Waals surface area contributed by atoms with Crippen LogP contribution in [0.4, 0.5) is 22.7 Å². The van der Waals surface area contributed by atoms with E-state index in [-0.39, 0.29) is 59.9 Å². The predicted octanol–water partition coefficient (Wildman–Crippen LogP) is 21.7. The molecular weight excluding hydrogens is 1390 g/mol. The van der Waals surface area contributed by atoms with Crippen LogP contribution in [0.5, 0.6) is 11.5 Å². The van der Waals surface area contributed by atoms with Crippen molar-refractivity contribution in [3.8, 4) is 11.5 Å². The number of ketones is 3. The van der Waals surface area contributed by atoms with Crippen molar-refractivity contribution in [2.75, 3.05) is 33.6 Å². The van der Waals surface area contributed by atoms with Gasteiger partial charge in [-0.25, -0.2) is 0 Å². The summed E-state index contributed by atoms with van der Waals surface area (Å²) in [7, 11) is 0. The van der Waals surface area contributed by atoms with Gasteiger partial charge in [-0.05, 0) is 192 Å². The summed E-state index contributed by atoms with van der Waals surface area (Å²) in [6.07, 6.45) is 2.67. The maximum Gasteiger partial charge on any atom is 0.259 e. The van der Waals surface area contributed by atoms with Crippen molar-refractivity contribution < 1.29 is 43.0 Å². The quantitative estimate of drug-likeness (QED) is 0.0300. The summed E-state index contributed by atoms with van der Waals surface area (Å²) >= 11 is 1.63. The van der Waals surface area contributed by atoms with E-state index in [4.69, 9.17) is 9.47 Å². The smallest absolute Gasteiger partial charge is 0.259 e. The first-order valence-corrected chi connectivity index (χ1v) is 37.9. The third-order valence-corrected chi connectivity index (χ3v) is 18.5. The molecule has 0 aliphatic heterocycles. The largest absolute Gasteiger partial charge is 0.493 e. The Morgan fingerprint density at radius 3 is 1.10 bits per heavy atom. The lowest BCUT2D eigenvalue weighted by molar-refractivity contribution is 0.0983. The molecule has 0 saturated carbocycles. The number of benzene rings is 12. The minimum absolute atomic E-state index is 0.0160. The molecule has 14 heteroatoms. The van der Waals surface area contributed by atoms with E-state index in [1.165, 1.54) is 11.1 Å². The number of carbonyl (C=O) groups excluding carboxylic acids is 7. The van der Waals surface area contributed by atoms with Gasteiger partial charge in [0.2, 0.25) is 0 Å². The average Bonchev–Trinajstić information content (AvgIpc) is 0.844. The van der Waals surface area contributed by atoms with Gasteiger partial charge in [0.25, 0.3) is 23.6 Å². The molecule has 0 aliphatic carbocycles. The molecule has 0 aromatic heterocycles. The van der Waals surface area contributed by atoms with Gasteiger partial charge in [-0.2, -0.15) is 0 Å². The minimum atomic E-state index is -0.308. The molecule has 0 unspecified atom stereocenters. The number of ether oxygens (including phenoxy) is 2. The number of anilines is 4. The van der Waals surface area contributed by atoms with E-state index in [1.54, 1.807) is 109 Å². The van der Waals surface area contributed by atoms with Gasteiger partial charge in [-0.1, -0.05) is 235 Å². The first kappa shape index (κ1) is 81.6. The number of amides is 4. The van der Waals surface area contributed by atoms with Crippen molar-refractivity contribution in [1.29, 1.82) is 0 Å². The topological polar surface area (TPSA) is 186 Å². The number of rotatable bonds is 26. The average molecular weight is 1480 g/mol. The lowest BCUT2D eigenvalue weighted by Crippen LogP contribution is -2.17. The Hall–Kier alpha value is -12.5. The Morgan fingerprint density at radius 1 is 0.327 bits per heavy atom. The van der Waals surface area contributed by atoms with Crippen LogP contribution in [0.25, 0.3) is 0 Å². The molecule has 4 N–H and O–H groups in total. The predicted molar refractivity (Wildman–Crippen MR) is 448 cm³/mol. The molecular formula is C96H94N4O9S. The number of aryl methyl sites for hydroxylation is 7. The van der Waals surface area contributed by atoms with Crippen molar-refractivity contribution in [3.05, 3.63) is 386 Å². The lowest BCUT2D eigenvalue weighted by atomic mass is 10.00. The highest BCUT2D eigenvalue weighted by Gasteiger charge is 2.22. The summed E-state index contributed by atoms with van der Waals surface area (Å²) in [6, 6.07) is 91.0. The Morgan fingerprint density at radius 2 is 0.664 bits per heavy atom. The van der Waals surface area contributed by atoms with Crippen LogP contribution >= 0.6 is 11.8 Å². The molecule has 12 aromatic rings. The number of para-hydroxylation sites is 6. The monoisotopic (exact) mass is 1480 g/mol. The normalized spacial score (nSPS) is 10.5. The molecule has 110 heavy (non-hydrogen) atoms. The number of hydrogen-bond donors (Lipinski definition) is 4. The standard InChI is InChI=1S/C25H25NO3.C24H23NO3.C24H23NO2S.C23H23NO/c1-17(2)29-24-14-7-5-12-21(24)25(28)26-22-13-6-4-11-20(22)23(27)16-19-10-8-9-18(3)15-19;2*1-3-28-23-14-7-5-12-20(23)24(27)25-21-13-6-4-11-19(21)22(26)16-18-10-8-9-17(2)15-18;1-17-8-7-10-19(16-17)14-15-20-11-4-6-13-22(20)24-23(25)21-12-5-3-9-18(21)2/h4-15,17H,16H2,1-3H3,(H,26,28);2*4-15H,3,16H2,1-2H3,(H,25,27);3-13,16H,14-15H2,1-2H3,(H,24,25). The molecule has 0 bridgehead atoms. The number of Topliss-reactive ketones (excluding diaryl/α,β-unsaturated/α-hetero) is 3. The van der Waals surface area contributed by atoms with Crippen LogP contribution < -0.4 is 30.7 Å². The van der Waals surface area contributed by atoms with E-state index in [1.807, 2.05) is 212 Å². The summed E-state index contributed by atoms with van der Waals surface area (Å²) in [5, 5.41) is 11.7. The molecule has 0 heterocycles. The molecule has 558 valence electrons. The molecule has 0 fully saturated rings. The van der Waals surface area contributed by atoms with Crippen LogP contribution in [0.2, 0.25) is 0 Å². The second-order valence-corrected chi connectivity index (χ2v) is 28.0. The highest BCUT2D eigenvalue weighted by atomic mass is 32.2. The van der Waals surface area contributed by atoms with Crippen molar-refractivity contribution in [3.63, 3.8) is 0 Å². The van der Waals surface area contributed by atoms with Gasteiger partial charge in [0.05, 0.1) is 46.5 Å². The summed E-state index contributed by atoms with van der Waals surface area (Å²) in [4.78, 5) is 90.7. The molecule has 0 saturated heterocycles. The maximum atomic E-state index is 12.9. The van der Waals surface area contributed by atoms with Gasteiger partial charge in [-0.3, -0.25) is 33.6 Å². The van der Waals surface area contributed by atoms with E-state index < -0.39 is 0 Å². The first-order chi connectivity index (χ1) is 53.2. The Kier molecular flexibility index (Phi) is 30.8. The van der Waals surface area contributed by atoms with E-state index in [0.29, 0.717) is 75.0 Å². The molecule has 4 amide bonds. The summed E-state index contributed by atoms with van der Waals surface area (Å²) in [6.45, 7) is 18.3. The molecule has 0 spiro atoms. The maximum absolute atomic E-state index is 12.9. The van der Waals surface area contributed by atoms with Crippen LogP contribution in [0.3, 0.4) is 0 Å². The second-order valence-electron chi connectivity index (χ2n) is 26.7. The molecule has 0 atom stereocenters. The molecule has 13 nitrogen and oxygen atoms in total. The molecule has 0 radical (unpaired) electrons. The number of nitrogens with one attached hydrogen (secondary N) is 4. The second kappa shape index (κ2) is 41.6. The third kappa shape index (κ3) is 24.5. The minimum Gasteiger partial charge on any atom is -0.493 e. The lowest BCUT2D eigenvalue weighted by Gasteiger charge is -2.15. The Bertz CT molecular complexity index is 5020. The van der Waals surface area contributed by atoms with Crippen molar-refractivity contribution in [2.45, 2.75) is 105 Å². The number of carbonyl (C=O) groups is 7. The van der Waals surface area contributed by atoms with Crippen LogP contribution in [-0.4, -0.2) is 59.4 Å². The molecule has 0 aliphatic rings. The van der Waals surface area contributed by atoms with Crippen LogP contribution in [-0.2, 0) is 32.1 Å². The fraction of sp³-hybridized carbons (Fsp3) is 0.177. The van der Waals surface area contributed by atoms with Gasteiger partial charge < -0.3 is 30.7 Å². The van der Waals surface area contributed by atoms with Gasteiger partial charge in [-0.15, -0.1) is 11.8 Å². The van der Waals surface area contributed by atoms with E-state index in [0.717, 1.165) is 79.2 Å². The zero-order chi connectivity index (χ0) is 78.3. The van der Waals surface area contributed by atoms with E-state index in [2.05, 4.69) is 65.4 Å². The van der Waals surface area contributed by atoms with E-state index in [9.17, 15) is 33.6 Å². The van der Waals surface area contributed by atoms with Crippen molar-refractivity contribution >= 4 is 75.5 Å².